The minimum atomic E-state index is -3.64. The standard InChI is InChI=1S/C15H18N2O3S2/c1-10-6-11(2)8-13(7-10)17-14(18)9-16-22(19,20)15-5-4-12(3)21-15/h4-8,16H,9H2,1-3H3,(H,17,18). The Morgan fingerprint density at radius 3 is 2.27 bits per heavy atom. The molecule has 0 bridgehead atoms. The van der Waals surface area contributed by atoms with Crippen LogP contribution in [0.3, 0.4) is 0 Å². The Morgan fingerprint density at radius 1 is 1.09 bits per heavy atom. The molecular formula is C15H18N2O3S2. The van der Waals surface area contributed by atoms with Gasteiger partial charge < -0.3 is 5.32 Å². The summed E-state index contributed by atoms with van der Waals surface area (Å²) in [5.74, 6) is -0.401. The van der Waals surface area contributed by atoms with Gasteiger partial charge in [-0.25, -0.2) is 13.1 Å². The lowest BCUT2D eigenvalue weighted by atomic mass is 10.1. The summed E-state index contributed by atoms with van der Waals surface area (Å²) < 4.78 is 26.6. The van der Waals surface area contributed by atoms with E-state index >= 15 is 0 Å². The average Bonchev–Trinajstić information content (AvgIpc) is 2.83. The number of nitrogens with one attached hydrogen (secondary N) is 2. The van der Waals surface area contributed by atoms with E-state index in [4.69, 9.17) is 0 Å². The van der Waals surface area contributed by atoms with Crippen LogP contribution < -0.4 is 10.0 Å². The van der Waals surface area contributed by atoms with Crippen molar-refractivity contribution in [1.29, 1.82) is 0 Å². The normalized spacial score (nSPS) is 11.4. The molecule has 1 aromatic carbocycles. The zero-order valence-corrected chi connectivity index (χ0v) is 14.3. The number of anilines is 1. The van der Waals surface area contributed by atoms with Crippen LogP contribution in [0.5, 0.6) is 0 Å². The van der Waals surface area contributed by atoms with Crippen molar-refractivity contribution in [2.75, 3.05) is 11.9 Å². The van der Waals surface area contributed by atoms with E-state index in [1.807, 2.05) is 39.0 Å². The van der Waals surface area contributed by atoms with Gasteiger partial charge in [0.25, 0.3) is 10.0 Å². The molecule has 1 aromatic heterocycles. The molecule has 0 aliphatic heterocycles. The van der Waals surface area contributed by atoms with Gasteiger partial charge in [-0.3, -0.25) is 4.79 Å². The van der Waals surface area contributed by atoms with Crippen molar-refractivity contribution in [3.63, 3.8) is 0 Å². The maximum Gasteiger partial charge on any atom is 0.250 e. The summed E-state index contributed by atoms with van der Waals surface area (Å²) >= 11 is 1.17. The quantitative estimate of drug-likeness (QED) is 0.880. The SMILES string of the molecule is Cc1cc(C)cc(NC(=O)CNS(=O)(=O)c2ccc(C)s2)c1. The second-order valence-electron chi connectivity index (χ2n) is 5.11. The number of benzene rings is 1. The predicted octanol–water partition coefficient (Wildman–Crippen LogP) is 2.59. The summed E-state index contributed by atoms with van der Waals surface area (Å²) in [6.45, 7) is 5.40. The van der Waals surface area contributed by atoms with Gasteiger partial charge in [0.1, 0.15) is 4.21 Å². The molecule has 0 aliphatic carbocycles. The number of amides is 1. The summed E-state index contributed by atoms with van der Waals surface area (Å²) in [6.07, 6.45) is 0. The third-order valence-corrected chi connectivity index (χ3v) is 5.80. The number of carbonyl (C=O) groups is 1. The van der Waals surface area contributed by atoms with Gasteiger partial charge in [0.2, 0.25) is 5.91 Å². The first kappa shape index (κ1) is 16.7. The zero-order valence-electron chi connectivity index (χ0n) is 12.6. The summed E-state index contributed by atoms with van der Waals surface area (Å²) in [6, 6.07) is 8.93. The molecule has 1 heterocycles. The van der Waals surface area contributed by atoms with E-state index in [2.05, 4.69) is 10.0 Å². The lowest BCUT2D eigenvalue weighted by Crippen LogP contribution is -2.32. The van der Waals surface area contributed by atoms with E-state index in [-0.39, 0.29) is 10.8 Å². The van der Waals surface area contributed by atoms with Gasteiger partial charge in [-0.15, -0.1) is 11.3 Å². The molecule has 2 N–H and O–H groups in total. The van der Waals surface area contributed by atoms with Gasteiger partial charge in [-0.2, -0.15) is 0 Å². The first-order chi connectivity index (χ1) is 10.3. The molecular weight excluding hydrogens is 320 g/mol. The van der Waals surface area contributed by atoms with Crippen molar-refractivity contribution >= 4 is 33.0 Å². The smallest absolute Gasteiger partial charge is 0.250 e. The third kappa shape index (κ3) is 4.40. The average molecular weight is 338 g/mol. The van der Waals surface area contributed by atoms with E-state index in [0.717, 1.165) is 16.0 Å². The number of hydrogen-bond donors (Lipinski definition) is 2. The highest BCUT2D eigenvalue weighted by molar-refractivity contribution is 7.91. The van der Waals surface area contributed by atoms with Crippen LogP contribution in [-0.4, -0.2) is 20.9 Å². The maximum atomic E-state index is 12.0. The van der Waals surface area contributed by atoms with Crippen LogP contribution in [0.2, 0.25) is 0 Å². The van der Waals surface area contributed by atoms with Crippen molar-refractivity contribution in [2.45, 2.75) is 25.0 Å². The minimum absolute atomic E-state index is 0.212. The van der Waals surface area contributed by atoms with Gasteiger partial charge in [-0.05, 0) is 56.2 Å². The van der Waals surface area contributed by atoms with Gasteiger partial charge in [0.15, 0.2) is 0 Å². The monoisotopic (exact) mass is 338 g/mol. The number of rotatable bonds is 5. The fourth-order valence-corrected chi connectivity index (χ4v) is 4.35. The van der Waals surface area contributed by atoms with Crippen molar-refractivity contribution in [2.24, 2.45) is 0 Å². The van der Waals surface area contributed by atoms with E-state index in [1.165, 1.54) is 17.4 Å². The Labute approximate surface area is 134 Å². The largest absolute Gasteiger partial charge is 0.325 e. The van der Waals surface area contributed by atoms with Crippen LogP contribution >= 0.6 is 11.3 Å². The van der Waals surface area contributed by atoms with Crippen molar-refractivity contribution in [3.8, 4) is 0 Å². The Hall–Kier alpha value is -1.70. The van der Waals surface area contributed by atoms with Crippen LogP contribution in [0, 0.1) is 20.8 Å². The highest BCUT2D eigenvalue weighted by atomic mass is 32.2. The first-order valence-electron chi connectivity index (χ1n) is 6.70. The molecule has 7 heteroatoms. The number of carbonyl (C=O) groups excluding carboxylic acids is 1. The van der Waals surface area contributed by atoms with E-state index in [9.17, 15) is 13.2 Å². The van der Waals surface area contributed by atoms with Crippen molar-refractivity contribution < 1.29 is 13.2 Å². The maximum absolute atomic E-state index is 12.0. The van der Waals surface area contributed by atoms with Crippen molar-refractivity contribution in [1.82, 2.24) is 4.72 Å². The molecule has 0 aliphatic rings. The Morgan fingerprint density at radius 2 is 1.73 bits per heavy atom. The molecule has 0 fully saturated rings. The molecule has 5 nitrogen and oxygen atoms in total. The fourth-order valence-electron chi connectivity index (χ4n) is 2.04. The number of sulfonamides is 1. The molecule has 0 spiro atoms. The van der Waals surface area contributed by atoms with Gasteiger partial charge >= 0.3 is 0 Å². The van der Waals surface area contributed by atoms with Crippen molar-refractivity contribution in [3.05, 3.63) is 46.3 Å². The molecule has 22 heavy (non-hydrogen) atoms. The summed E-state index contributed by atoms with van der Waals surface area (Å²) in [5, 5.41) is 2.69. The third-order valence-electron chi connectivity index (χ3n) is 2.91. The number of thiophene rings is 1. The van der Waals surface area contributed by atoms with Gasteiger partial charge in [0.05, 0.1) is 6.54 Å². The van der Waals surface area contributed by atoms with Crippen LogP contribution in [-0.2, 0) is 14.8 Å². The molecule has 0 saturated carbocycles. The lowest BCUT2D eigenvalue weighted by Gasteiger charge is -2.08. The summed E-state index contributed by atoms with van der Waals surface area (Å²) in [5.41, 5.74) is 2.73. The Balaban J connectivity index is 1.98. The van der Waals surface area contributed by atoms with E-state index < -0.39 is 15.9 Å². The fraction of sp³-hybridized carbons (Fsp3) is 0.267. The molecule has 0 atom stereocenters. The molecule has 0 unspecified atom stereocenters. The number of hydrogen-bond acceptors (Lipinski definition) is 4. The Kier molecular flexibility index (Phi) is 5.00. The molecule has 0 radical (unpaired) electrons. The second-order valence-corrected chi connectivity index (χ2v) is 8.40. The zero-order chi connectivity index (χ0) is 16.3. The molecule has 2 rings (SSSR count). The highest BCUT2D eigenvalue weighted by Crippen LogP contribution is 2.20. The molecule has 118 valence electrons. The number of aryl methyl sites for hydroxylation is 3. The lowest BCUT2D eigenvalue weighted by molar-refractivity contribution is -0.115. The van der Waals surface area contributed by atoms with Crippen LogP contribution in [0.15, 0.2) is 34.5 Å². The molecule has 2 aromatic rings. The summed E-state index contributed by atoms with van der Waals surface area (Å²) in [7, 11) is -3.64. The minimum Gasteiger partial charge on any atom is -0.325 e. The predicted molar refractivity (Wildman–Crippen MR) is 88.8 cm³/mol. The Bertz CT molecular complexity index is 775. The van der Waals surface area contributed by atoms with Gasteiger partial charge in [-0.1, -0.05) is 6.07 Å². The van der Waals surface area contributed by atoms with E-state index in [1.54, 1.807) is 6.07 Å². The summed E-state index contributed by atoms with van der Waals surface area (Å²) in [4.78, 5) is 12.8. The van der Waals surface area contributed by atoms with Gasteiger partial charge in [0, 0.05) is 10.6 Å². The second kappa shape index (κ2) is 6.60. The van der Waals surface area contributed by atoms with Crippen LogP contribution in [0.1, 0.15) is 16.0 Å². The van der Waals surface area contributed by atoms with E-state index in [0.29, 0.717) is 5.69 Å². The molecule has 0 saturated heterocycles. The topological polar surface area (TPSA) is 75.3 Å². The molecule has 1 amide bonds. The highest BCUT2D eigenvalue weighted by Gasteiger charge is 2.17. The van der Waals surface area contributed by atoms with Crippen LogP contribution in [0.4, 0.5) is 5.69 Å². The van der Waals surface area contributed by atoms with Crippen LogP contribution in [0.25, 0.3) is 0 Å². The first-order valence-corrected chi connectivity index (χ1v) is 9.00.